The lowest BCUT2D eigenvalue weighted by Crippen LogP contribution is -2.41. The lowest BCUT2D eigenvalue weighted by molar-refractivity contribution is 0.0595. The van der Waals surface area contributed by atoms with E-state index in [9.17, 15) is 4.79 Å². The van der Waals surface area contributed by atoms with E-state index in [1.807, 2.05) is 30.3 Å². The number of aromatic nitrogens is 3. The van der Waals surface area contributed by atoms with Crippen molar-refractivity contribution >= 4 is 16.8 Å². The number of carbonyl (C=O) groups excluding carboxylic acids is 1. The smallest absolute Gasteiger partial charge is 0.260 e. The maximum absolute atomic E-state index is 12.8. The SMILES string of the molecule is COc1nn(C)cc1C(=O)N1CCC(Oc2cccc3c2ccn3C)CC1. The van der Waals surface area contributed by atoms with E-state index in [0.717, 1.165) is 29.5 Å². The van der Waals surface area contributed by atoms with Gasteiger partial charge in [0.2, 0.25) is 5.88 Å². The molecule has 3 heterocycles. The van der Waals surface area contributed by atoms with E-state index in [1.54, 1.807) is 17.9 Å². The standard InChI is InChI=1S/C20H24N4O3/c1-22-10-9-15-17(22)5-4-6-18(15)27-14-7-11-24(12-8-14)20(25)16-13-23(2)21-19(16)26-3/h4-6,9-10,13-14H,7-8,11-12H2,1-3H3. The Balaban J connectivity index is 1.42. The molecular weight excluding hydrogens is 344 g/mol. The molecular formula is C20H24N4O3. The van der Waals surface area contributed by atoms with Crippen molar-refractivity contribution in [1.82, 2.24) is 19.2 Å². The minimum atomic E-state index is -0.0384. The Hall–Kier alpha value is -2.96. The number of likely N-dealkylation sites (tertiary alicyclic amines) is 1. The number of amides is 1. The Morgan fingerprint density at radius 1 is 1.19 bits per heavy atom. The van der Waals surface area contributed by atoms with Crippen LogP contribution in [0.3, 0.4) is 0 Å². The Morgan fingerprint density at radius 3 is 2.70 bits per heavy atom. The number of methoxy groups -OCH3 is 1. The van der Waals surface area contributed by atoms with Crippen LogP contribution in [-0.4, -0.2) is 51.5 Å². The van der Waals surface area contributed by atoms with Crippen molar-refractivity contribution < 1.29 is 14.3 Å². The van der Waals surface area contributed by atoms with Gasteiger partial charge in [-0.25, -0.2) is 0 Å². The number of carbonyl (C=O) groups is 1. The molecule has 4 rings (SSSR count). The maximum atomic E-state index is 12.8. The summed E-state index contributed by atoms with van der Waals surface area (Å²) in [6.07, 6.45) is 5.46. The molecule has 2 aromatic heterocycles. The summed E-state index contributed by atoms with van der Waals surface area (Å²) in [6.45, 7) is 1.32. The number of piperidine rings is 1. The molecule has 142 valence electrons. The molecule has 0 radical (unpaired) electrons. The minimum absolute atomic E-state index is 0.0384. The average Bonchev–Trinajstić information content (AvgIpc) is 3.25. The Bertz CT molecular complexity index is 967. The predicted octanol–water partition coefficient (Wildman–Crippen LogP) is 2.60. The number of aryl methyl sites for hydroxylation is 2. The van der Waals surface area contributed by atoms with Crippen molar-refractivity contribution in [2.75, 3.05) is 20.2 Å². The monoisotopic (exact) mass is 368 g/mol. The molecule has 0 unspecified atom stereocenters. The van der Waals surface area contributed by atoms with E-state index in [1.165, 1.54) is 7.11 Å². The zero-order chi connectivity index (χ0) is 19.0. The first kappa shape index (κ1) is 17.5. The molecule has 27 heavy (non-hydrogen) atoms. The zero-order valence-corrected chi connectivity index (χ0v) is 15.9. The topological polar surface area (TPSA) is 61.5 Å². The van der Waals surface area contributed by atoms with Crippen LogP contribution in [0.15, 0.2) is 36.7 Å². The average molecular weight is 368 g/mol. The third-order valence-electron chi connectivity index (χ3n) is 5.13. The number of ether oxygens (including phenoxy) is 2. The molecule has 1 saturated heterocycles. The largest absolute Gasteiger partial charge is 0.490 e. The molecule has 0 bridgehead atoms. The third kappa shape index (κ3) is 3.25. The van der Waals surface area contributed by atoms with E-state index in [-0.39, 0.29) is 12.0 Å². The Kier molecular flexibility index (Phi) is 4.51. The van der Waals surface area contributed by atoms with Gasteiger partial charge >= 0.3 is 0 Å². The molecule has 1 amide bonds. The molecule has 7 nitrogen and oxygen atoms in total. The molecule has 3 aromatic rings. The van der Waals surface area contributed by atoms with E-state index in [2.05, 4.69) is 21.8 Å². The number of benzene rings is 1. The van der Waals surface area contributed by atoms with Crippen molar-refractivity contribution in [2.24, 2.45) is 14.1 Å². The van der Waals surface area contributed by atoms with Crippen LogP contribution in [0, 0.1) is 0 Å². The molecule has 7 heteroatoms. The second kappa shape index (κ2) is 6.98. The summed E-state index contributed by atoms with van der Waals surface area (Å²) in [5.41, 5.74) is 1.66. The maximum Gasteiger partial charge on any atom is 0.260 e. The number of hydrogen-bond donors (Lipinski definition) is 0. The molecule has 0 N–H and O–H groups in total. The second-order valence-corrected chi connectivity index (χ2v) is 6.95. The van der Waals surface area contributed by atoms with Gasteiger partial charge in [-0.15, -0.1) is 5.10 Å². The van der Waals surface area contributed by atoms with Crippen LogP contribution in [0.1, 0.15) is 23.2 Å². The van der Waals surface area contributed by atoms with Gasteiger partial charge in [-0.2, -0.15) is 0 Å². The van der Waals surface area contributed by atoms with Gasteiger partial charge in [0.1, 0.15) is 17.4 Å². The van der Waals surface area contributed by atoms with Gasteiger partial charge in [0.05, 0.1) is 12.6 Å². The summed E-state index contributed by atoms with van der Waals surface area (Å²) in [7, 11) is 5.34. The Morgan fingerprint density at radius 2 is 1.96 bits per heavy atom. The quantitative estimate of drug-likeness (QED) is 0.710. The first-order valence-electron chi connectivity index (χ1n) is 9.14. The fourth-order valence-corrected chi connectivity index (χ4v) is 3.67. The number of rotatable bonds is 4. The fraction of sp³-hybridized carbons (Fsp3) is 0.400. The lowest BCUT2D eigenvalue weighted by Gasteiger charge is -2.32. The first-order chi connectivity index (χ1) is 13.1. The van der Waals surface area contributed by atoms with Crippen molar-refractivity contribution in [2.45, 2.75) is 18.9 Å². The van der Waals surface area contributed by atoms with Crippen LogP contribution in [0.5, 0.6) is 11.6 Å². The van der Waals surface area contributed by atoms with E-state index in [4.69, 9.17) is 9.47 Å². The lowest BCUT2D eigenvalue weighted by atomic mass is 10.1. The van der Waals surface area contributed by atoms with Crippen molar-refractivity contribution in [1.29, 1.82) is 0 Å². The van der Waals surface area contributed by atoms with Gasteiger partial charge in [0.25, 0.3) is 5.91 Å². The summed E-state index contributed by atoms with van der Waals surface area (Å²) in [5.74, 6) is 1.24. The molecule has 1 aliphatic rings. The second-order valence-electron chi connectivity index (χ2n) is 6.95. The highest BCUT2D eigenvalue weighted by molar-refractivity contribution is 5.96. The van der Waals surface area contributed by atoms with Gasteiger partial charge in [-0.05, 0) is 18.2 Å². The highest BCUT2D eigenvalue weighted by Crippen LogP contribution is 2.29. The Labute approximate surface area is 158 Å². The van der Waals surface area contributed by atoms with Crippen molar-refractivity contribution in [3.8, 4) is 11.6 Å². The van der Waals surface area contributed by atoms with E-state index >= 15 is 0 Å². The van der Waals surface area contributed by atoms with Crippen LogP contribution in [0.25, 0.3) is 10.9 Å². The fourth-order valence-electron chi connectivity index (χ4n) is 3.67. The van der Waals surface area contributed by atoms with Crippen LogP contribution in [0.2, 0.25) is 0 Å². The van der Waals surface area contributed by atoms with Gasteiger partial charge in [0.15, 0.2) is 0 Å². The summed E-state index contributed by atoms with van der Waals surface area (Å²) in [5, 5.41) is 5.29. The highest BCUT2D eigenvalue weighted by Gasteiger charge is 2.28. The van der Waals surface area contributed by atoms with E-state index < -0.39 is 0 Å². The molecule has 1 fully saturated rings. The predicted molar refractivity (Wildman–Crippen MR) is 102 cm³/mol. The van der Waals surface area contributed by atoms with Crippen molar-refractivity contribution in [3.63, 3.8) is 0 Å². The number of fused-ring (bicyclic) bond motifs is 1. The van der Waals surface area contributed by atoms with Crippen LogP contribution in [0.4, 0.5) is 0 Å². The molecule has 1 aromatic carbocycles. The number of hydrogen-bond acceptors (Lipinski definition) is 4. The third-order valence-corrected chi connectivity index (χ3v) is 5.13. The van der Waals surface area contributed by atoms with Crippen LogP contribution in [-0.2, 0) is 14.1 Å². The normalized spacial score (nSPS) is 15.3. The van der Waals surface area contributed by atoms with Gasteiger partial charge in [0, 0.05) is 57.8 Å². The summed E-state index contributed by atoms with van der Waals surface area (Å²) < 4.78 is 15.2. The first-order valence-corrected chi connectivity index (χ1v) is 9.14. The molecule has 1 aliphatic heterocycles. The molecule has 0 saturated carbocycles. The molecule has 0 atom stereocenters. The van der Waals surface area contributed by atoms with Gasteiger partial charge in [-0.3, -0.25) is 9.48 Å². The zero-order valence-electron chi connectivity index (χ0n) is 15.9. The van der Waals surface area contributed by atoms with E-state index in [0.29, 0.717) is 24.5 Å². The number of nitrogens with zero attached hydrogens (tertiary/aromatic N) is 4. The molecule has 0 spiro atoms. The molecule has 0 aliphatic carbocycles. The van der Waals surface area contributed by atoms with Crippen LogP contribution >= 0.6 is 0 Å². The van der Waals surface area contributed by atoms with Gasteiger partial charge < -0.3 is 18.9 Å². The summed E-state index contributed by atoms with van der Waals surface area (Å²) in [4.78, 5) is 14.6. The van der Waals surface area contributed by atoms with Crippen LogP contribution < -0.4 is 9.47 Å². The van der Waals surface area contributed by atoms with Gasteiger partial charge in [-0.1, -0.05) is 6.07 Å². The highest BCUT2D eigenvalue weighted by atomic mass is 16.5. The summed E-state index contributed by atoms with van der Waals surface area (Å²) in [6, 6.07) is 8.20. The summed E-state index contributed by atoms with van der Waals surface area (Å²) >= 11 is 0. The van der Waals surface area contributed by atoms with Crippen molar-refractivity contribution in [3.05, 3.63) is 42.2 Å². The minimum Gasteiger partial charge on any atom is -0.490 e.